The molecule has 1 unspecified atom stereocenters. The van der Waals surface area contributed by atoms with Crippen molar-refractivity contribution in [3.8, 4) is 0 Å². The van der Waals surface area contributed by atoms with E-state index in [1.807, 2.05) is 0 Å². The molecule has 0 aromatic carbocycles. The van der Waals surface area contributed by atoms with Crippen molar-refractivity contribution in [1.82, 2.24) is 10.2 Å². The van der Waals surface area contributed by atoms with Crippen LogP contribution in [0.5, 0.6) is 0 Å². The second-order valence-corrected chi connectivity index (χ2v) is 4.96. The van der Waals surface area contributed by atoms with Gasteiger partial charge in [-0.05, 0) is 32.4 Å². The highest BCUT2D eigenvalue weighted by molar-refractivity contribution is 5.89. The number of carboxylic acid groups (broad SMARTS) is 1. The summed E-state index contributed by atoms with van der Waals surface area (Å²) in [4.78, 5) is 24.7. The highest BCUT2D eigenvalue weighted by Gasteiger charge is 2.48. The third-order valence-electron chi connectivity index (χ3n) is 3.86. The molecule has 0 aromatic rings. The molecule has 1 saturated heterocycles. The lowest BCUT2D eigenvalue weighted by Gasteiger charge is -2.22. The molecule has 1 heterocycles. The summed E-state index contributed by atoms with van der Waals surface area (Å²) >= 11 is 0. The molecule has 1 aliphatic carbocycles. The van der Waals surface area contributed by atoms with E-state index in [9.17, 15) is 9.59 Å². The van der Waals surface area contributed by atoms with Gasteiger partial charge >= 0.3 is 5.97 Å². The number of amides is 1. The maximum absolute atomic E-state index is 11.7. The van der Waals surface area contributed by atoms with E-state index >= 15 is 0 Å². The van der Waals surface area contributed by atoms with Crippen molar-refractivity contribution in [1.29, 1.82) is 0 Å². The number of rotatable bonds is 5. The molecule has 1 saturated carbocycles. The summed E-state index contributed by atoms with van der Waals surface area (Å²) in [5.74, 6) is -1.66. The van der Waals surface area contributed by atoms with Crippen LogP contribution in [0, 0.1) is 11.8 Å². The first kappa shape index (κ1) is 12.4. The molecule has 1 aliphatic heterocycles. The molecular weight excluding hydrogens is 220 g/mol. The van der Waals surface area contributed by atoms with Crippen molar-refractivity contribution in [2.75, 3.05) is 19.6 Å². The number of likely N-dealkylation sites (tertiary alicyclic amines) is 1. The molecule has 0 radical (unpaired) electrons. The zero-order chi connectivity index (χ0) is 12.4. The maximum Gasteiger partial charge on any atom is 0.307 e. The standard InChI is InChI=1S/C12H20N2O3/c1-2-14-5-3-4-8(14)7-13-11(15)9-6-10(9)12(16)17/h8-10H,2-7H2,1H3,(H,13,15)(H,16,17)/t8?,9-,10+/m1/s1. The molecule has 0 aromatic heterocycles. The zero-order valence-electron chi connectivity index (χ0n) is 10.2. The van der Waals surface area contributed by atoms with Gasteiger partial charge in [-0.15, -0.1) is 0 Å². The van der Waals surface area contributed by atoms with E-state index in [-0.39, 0.29) is 11.8 Å². The molecule has 2 N–H and O–H groups in total. The smallest absolute Gasteiger partial charge is 0.307 e. The van der Waals surface area contributed by atoms with Gasteiger partial charge in [-0.3, -0.25) is 14.5 Å². The Morgan fingerprint density at radius 2 is 2.18 bits per heavy atom. The van der Waals surface area contributed by atoms with Crippen LogP contribution in [0.4, 0.5) is 0 Å². The van der Waals surface area contributed by atoms with Gasteiger partial charge in [0.05, 0.1) is 11.8 Å². The molecule has 0 bridgehead atoms. The molecule has 0 spiro atoms. The summed E-state index contributed by atoms with van der Waals surface area (Å²) in [7, 11) is 0. The molecule has 2 aliphatic rings. The summed E-state index contributed by atoms with van der Waals surface area (Å²) in [5.41, 5.74) is 0. The zero-order valence-corrected chi connectivity index (χ0v) is 10.2. The Balaban J connectivity index is 1.72. The van der Waals surface area contributed by atoms with E-state index in [1.165, 1.54) is 6.42 Å². The van der Waals surface area contributed by atoms with Crippen LogP contribution >= 0.6 is 0 Å². The molecule has 96 valence electrons. The lowest BCUT2D eigenvalue weighted by Crippen LogP contribution is -2.40. The Hall–Kier alpha value is -1.10. The van der Waals surface area contributed by atoms with Gasteiger partial charge in [-0.1, -0.05) is 6.92 Å². The Morgan fingerprint density at radius 1 is 1.41 bits per heavy atom. The maximum atomic E-state index is 11.7. The van der Waals surface area contributed by atoms with Gasteiger partial charge in [0, 0.05) is 12.6 Å². The summed E-state index contributed by atoms with van der Waals surface area (Å²) in [5, 5.41) is 11.6. The van der Waals surface area contributed by atoms with Crippen LogP contribution in [-0.2, 0) is 9.59 Å². The fourth-order valence-electron chi connectivity index (χ4n) is 2.65. The topological polar surface area (TPSA) is 69.6 Å². The second-order valence-electron chi connectivity index (χ2n) is 4.96. The minimum absolute atomic E-state index is 0.0830. The van der Waals surface area contributed by atoms with E-state index in [1.54, 1.807) is 0 Å². The molecule has 5 nitrogen and oxygen atoms in total. The molecule has 2 fully saturated rings. The summed E-state index contributed by atoms with van der Waals surface area (Å²) in [6.45, 7) is 4.91. The van der Waals surface area contributed by atoms with Crippen molar-refractivity contribution >= 4 is 11.9 Å². The predicted molar refractivity (Wildman–Crippen MR) is 62.5 cm³/mol. The van der Waals surface area contributed by atoms with Crippen LogP contribution in [0.25, 0.3) is 0 Å². The van der Waals surface area contributed by atoms with Crippen molar-refractivity contribution < 1.29 is 14.7 Å². The molecule has 5 heteroatoms. The molecule has 1 amide bonds. The van der Waals surface area contributed by atoms with Gasteiger partial charge in [0.15, 0.2) is 0 Å². The van der Waals surface area contributed by atoms with Crippen LogP contribution in [-0.4, -0.2) is 47.6 Å². The van der Waals surface area contributed by atoms with E-state index in [2.05, 4.69) is 17.1 Å². The van der Waals surface area contributed by atoms with Crippen LogP contribution in [0.1, 0.15) is 26.2 Å². The van der Waals surface area contributed by atoms with E-state index in [0.29, 0.717) is 19.0 Å². The number of nitrogens with one attached hydrogen (secondary N) is 1. The largest absolute Gasteiger partial charge is 0.481 e. The normalized spacial score (nSPS) is 32.4. The first-order valence-electron chi connectivity index (χ1n) is 6.38. The number of carbonyl (C=O) groups excluding carboxylic acids is 1. The van der Waals surface area contributed by atoms with E-state index in [0.717, 1.165) is 19.5 Å². The summed E-state index contributed by atoms with van der Waals surface area (Å²) in [6, 6.07) is 0.436. The van der Waals surface area contributed by atoms with Gasteiger partial charge in [-0.2, -0.15) is 0 Å². The van der Waals surface area contributed by atoms with Gasteiger partial charge in [0.1, 0.15) is 0 Å². The Bertz CT molecular complexity index is 319. The Morgan fingerprint density at radius 3 is 2.76 bits per heavy atom. The molecule has 17 heavy (non-hydrogen) atoms. The van der Waals surface area contributed by atoms with Crippen LogP contribution in [0.2, 0.25) is 0 Å². The molecule has 3 atom stereocenters. The molecule has 2 rings (SSSR count). The number of likely N-dealkylation sites (N-methyl/N-ethyl adjacent to an activating group) is 1. The minimum Gasteiger partial charge on any atom is -0.481 e. The second kappa shape index (κ2) is 5.04. The monoisotopic (exact) mass is 240 g/mol. The Labute approximate surface area is 101 Å². The quantitative estimate of drug-likeness (QED) is 0.725. The van der Waals surface area contributed by atoms with E-state index < -0.39 is 11.9 Å². The number of nitrogens with zero attached hydrogens (tertiary/aromatic N) is 1. The van der Waals surface area contributed by atoms with Crippen molar-refractivity contribution in [3.05, 3.63) is 0 Å². The highest BCUT2D eigenvalue weighted by atomic mass is 16.4. The first-order chi connectivity index (χ1) is 8.13. The molecular formula is C12H20N2O3. The fourth-order valence-corrected chi connectivity index (χ4v) is 2.65. The first-order valence-corrected chi connectivity index (χ1v) is 6.38. The number of hydrogen-bond donors (Lipinski definition) is 2. The van der Waals surface area contributed by atoms with Crippen LogP contribution in [0.15, 0.2) is 0 Å². The average molecular weight is 240 g/mol. The third-order valence-corrected chi connectivity index (χ3v) is 3.86. The minimum atomic E-state index is -0.846. The van der Waals surface area contributed by atoms with Gasteiger partial charge in [0.25, 0.3) is 0 Å². The number of carboxylic acids is 1. The lowest BCUT2D eigenvalue weighted by molar-refractivity contribution is -0.140. The number of hydrogen-bond acceptors (Lipinski definition) is 3. The van der Waals surface area contributed by atoms with Crippen LogP contribution < -0.4 is 5.32 Å². The Kier molecular flexibility index (Phi) is 3.66. The predicted octanol–water partition coefficient (Wildman–Crippen LogP) is 0.308. The summed E-state index contributed by atoms with van der Waals surface area (Å²) < 4.78 is 0. The fraction of sp³-hybridized carbons (Fsp3) is 0.833. The summed E-state index contributed by atoms with van der Waals surface area (Å²) in [6.07, 6.45) is 2.82. The van der Waals surface area contributed by atoms with Gasteiger partial charge in [0.2, 0.25) is 5.91 Å². The lowest BCUT2D eigenvalue weighted by atomic mass is 10.2. The van der Waals surface area contributed by atoms with Crippen molar-refractivity contribution in [2.24, 2.45) is 11.8 Å². The van der Waals surface area contributed by atoms with Crippen LogP contribution in [0.3, 0.4) is 0 Å². The number of carbonyl (C=O) groups is 2. The van der Waals surface area contributed by atoms with Crippen molar-refractivity contribution in [2.45, 2.75) is 32.2 Å². The van der Waals surface area contributed by atoms with Gasteiger partial charge < -0.3 is 10.4 Å². The SMILES string of the molecule is CCN1CCCC1CNC(=O)[C@@H]1C[C@@H]1C(=O)O. The number of aliphatic carboxylic acids is 1. The van der Waals surface area contributed by atoms with E-state index in [4.69, 9.17) is 5.11 Å². The third kappa shape index (κ3) is 2.77. The average Bonchev–Trinajstić information content (AvgIpc) is 2.99. The highest BCUT2D eigenvalue weighted by Crippen LogP contribution is 2.38. The van der Waals surface area contributed by atoms with Crippen molar-refractivity contribution in [3.63, 3.8) is 0 Å². The van der Waals surface area contributed by atoms with Gasteiger partial charge in [-0.25, -0.2) is 0 Å².